The van der Waals surface area contributed by atoms with Crippen molar-refractivity contribution in [2.75, 3.05) is 27.4 Å². The molecule has 0 bridgehead atoms. The van der Waals surface area contributed by atoms with Crippen molar-refractivity contribution < 1.29 is 19.0 Å². The molecule has 5 heteroatoms. The largest absolute Gasteiger partial charge is 0.493 e. The van der Waals surface area contributed by atoms with E-state index in [0.717, 1.165) is 24.9 Å². The highest BCUT2D eigenvalue weighted by Crippen LogP contribution is 2.30. The van der Waals surface area contributed by atoms with Crippen LogP contribution >= 0.6 is 0 Å². The number of nitrogens with zero attached hydrogens (tertiary/aromatic N) is 1. The maximum Gasteiger partial charge on any atom is 0.223 e. The number of carbonyl (C=O) groups excluding carboxylic acids is 1. The van der Waals surface area contributed by atoms with Crippen molar-refractivity contribution >= 4 is 5.91 Å². The lowest BCUT2D eigenvalue weighted by Gasteiger charge is -2.43. The summed E-state index contributed by atoms with van der Waals surface area (Å²) in [6, 6.07) is 6.13. The topological polar surface area (TPSA) is 48.0 Å². The lowest BCUT2D eigenvalue weighted by molar-refractivity contribution is -0.149. The average molecular weight is 333 g/mol. The van der Waals surface area contributed by atoms with Crippen molar-refractivity contribution in [3.63, 3.8) is 0 Å². The number of benzene rings is 1. The van der Waals surface area contributed by atoms with Gasteiger partial charge in [-0.05, 0) is 37.0 Å². The molecule has 2 fully saturated rings. The van der Waals surface area contributed by atoms with Crippen LogP contribution in [0.25, 0.3) is 0 Å². The molecule has 132 valence electrons. The van der Waals surface area contributed by atoms with Gasteiger partial charge in [-0.2, -0.15) is 0 Å². The number of amides is 1. The van der Waals surface area contributed by atoms with Crippen LogP contribution in [0.2, 0.25) is 0 Å². The zero-order valence-corrected chi connectivity index (χ0v) is 14.6. The lowest BCUT2D eigenvalue weighted by atomic mass is 9.90. The second-order valence-corrected chi connectivity index (χ2v) is 6.54. The Morgan fingerprint density at radius 1 is 1.21 bits per heavy atom. The standard InChI is InChI=1S/C19H27NO4/c1-22-17-9-7-14(13-18(17)23-2)8-10-19(21)20-11-12-24-16-6-4-3-5-15(16)20/h7,9,13,15-16H,3-6,8,10-12H2,1-2H3. The molecule has 2 aliphatic rings. The molecular weight excluding hydrogens is 306 g/mol. The molecule has 1 aromatic carbocycles. The van der Waals surface area contributed by atoms with Gasteiger partial charge in [-0.3, -0.25) is 4.79 Å². The van der Waals surface area contributed by atoms with Crippen molar-refractivity contribution in [3.05, 3.63) is 23.8 Å². The fraction of sp³-hybridized carbons (Fsp3) is 0.632. The van der Waals surface area contributed by atoms with Crippen molar-refractivity contribution in [2.45, 2.75) is 50.7 Å². The van der Waals surface area contributed by atoms with Crippen LogP contribution in [0.1, 0.15) is 37.7 Å². The molecular formula is C19H27NO4. The zero-order chi connectivity index (χ0) is 16.9. The van der Waals surface area contributed by atoms with Crippen LogP contribution in [0.4, 0.5) is 0 Å². The Labute approximate surface area is 143 Å². The summed E-state index contributed by atoms with van der Waals surface area (Å²) in [5.74, 6) is 1.66. The van der Waals surface area contributed by atoms with Crippen molar-refractivity contribution in [1.29, 1.82) is 0 Å². The van der Waals surface area contributed by atoms with Crippen molar-refractivity contribution in [3.8, 4) is 11.5 Å². The van der Waals surface area contributed by atoms with E-state index in [1.54, 1.807) is 14.2 Å². The normalized spacial score (nSPS) is 23.5. The molecule has 1 saturated carbocycles. The third kappa shape index (κ3) is 3.66. The summed E-state index contributed by atoms with van der Waals surface area (Å²) < 4.78 is 16.4. The minimum atomic E-state index is 0.241. The van der Waals surface area contributed by atoms with Crippen LogP contribution in [-0.4, -0.2) is 50.3 Å². The van der Waals surface area contributed by atoms with Gasteiger partial charge in [0.15, 0.2) is 11.5 Å². The van der Waals surface area contributed by atoms with Gasteiger partial charge in [0.1, 0.15) is 0 Å². The average Bonchev–Trinajstić information content (AvgIpc) is 2.65. The molecule has 1 heterocycles. The van der Waals surface area contributed by atoms with Crippen LogP contribution < -0.4 is 9.47 Å². The first kappa shape index (κ1) is 17.1. The van der Waals surface area contributed by atoms with Crippen LogP contribution in [0, 0.1) is 0 Å². The lowest BCUT2D eigenvalue weighted by Crippen LogP contribution is -2.54. The Hall–Kier alpha value is -1.75. The number of hydrogen-bond acceptors (Lipinski definition) is 4. The summed E-state index contributed by atoms with van der Waals surface area (Å²) in [6.45, 7) is 1.40. The van der Waals surface area contributed by atoms with Gasteiger partial charge < -0.3 is 19.1 Å². The van der Waals surface area contributed by atoms with E-state index in [2.05, 4.69) is 4.90 Å². The van der Waals surface area contributed by atoms with Gasteiger partial charge in [0.2, 0.25) is 5.91 Å². The summed E-state index contributed by atoms with van der Waals surface area (Å²) in [5.41, 5.74) is 1.09. The summed E-state index contributed by atoms with van der Waals surface area (Å²) in [7, 11) is 3.25. The zero-order valence-electron chi connectivity index (χ0n) is 14.6. The number of carbonyl (C=O) groups is 1. The molecule has 0 aromatic heterocycles. The maximum atomic E-state index is 12.7. The number of methoxy groups -OCH3 is 2. The highest BCUT2D eigenvalue weighted by Gasteiger charge is 2.36. The molecule has 24 heavy (non-hydrogen) atoms. The van der Waals surface area contributed by atoms with Gasteiger partial charge in [0.25, 0.3) is 0 Å². The second kappa shape index (κ2) is 7.88. The van der Waals surface area contributed by atoms with Gasteiger partial charge >= 0.3 is 0 Å². The molecule has 1 amide bonds. The predicted octanol–water partition coefficient (Wildman–Crippen LogP) is 2.81. The fourth-order valence-electron chi connectivity index (χ4n) is 3.84. The third-order valence-electron chi connectivity index (χ3n) is 5.13. The molecule has 3 rings (SSSR count). The Morgan fingerprint density at radius 3 is 2.79 bits per heavy atom. The molecule has 5 nitrogen and oxygen atoms in total. The van der Waals surface area contributed by atoms with Crippen molar-refractivity contribution in [1.82, 2.24) is 4.90 Å². The quantitative estimate of drug-likeness (QED) is 0.831. The second-order valence-electron chi connectivity index (χ2n) is 6.54. The molecule has 2 unspecified atom stereocenters. The smallest absolute Gasteiger partial charge is 0.223 e. The number of hydrogen-bond donors (Lipinski definition) is 0. The fourth-order valence-corrected chi connectivity index (χ4v) is 3.84. The molecule has 2 atom stereocenters. The van der Waals surface area contributed by atoms with E-state index in [0.29, 0.717) is 30.9 Å². The van der Waals surface area contributed by atoms with Gasteiger partial charge in [0.05, 0.1) is 33.0 Å². The van der Waals surface area contributed by atoms with Crippen LogP contribution in [-0.2, 0) is 16.0 Å². The van der Waals surface area contributed by atoms with E-state index in [1.807, 2.05) is 18.2 Å². The number of fused-ring (bicyclic) bond motifs is 1. The van der Waals surface area contributed by atoms with E-state index in [1.165, 1.54) is 12.8 Å². The minimum Gasteiger partial charge on any atom is -0.493 e. The van der Waals surface area contributed by atoms with E-state index >= 15 is 0 Å². The van der Waals surface area contributed by atoms with Crippen LogP contribution in [0.3, 0.4) is 0 Å². The van der Waals surface area contributed by atoms with E-state index < -0.39 is 0 Å². The highest BCUT2D eigenvalue weighted by molar-refractivity contribution is 5.77. The maximum absolute atomic E-state index is 12.7. The Balaban J connectivity index is 1.60. The number of morpholine rings is 1. The highest BCUT2D eigenvalue weighted by atomic mass is 16.5. The monoisotopic (exact) mass is 333 g/mol. The summed E-state index contributed by atoms with van der Waals surface area (Å²) in [5, 5.41) is 0. The summed E-state index contributed by atoms with van der Waals surface area (Å²) in [6.07, 6.45) is 6.07. The van der Waals surface area contributed by atoms with Gasteiger partial charge in [0, 0.05) is 13.0 Å². The van der Waals surface area contributed by atoms with Gasteiger partial charge in [-0.25, -0.2) is 0 Å². The van der Waals surface area contributed by atoms with E-state index in [4.69, 9.17) is 14.2 Å². The van der Waals surface area contributed by atoms with E-state index in [9.17, 15) is 4.79 Å². The number of rotatable bonds is 5. The molecule has 0 spiro atoms. The first-order valence-electron chi connectivity index (χ1n) is 8.85. The van der Waals surface area contributed by atoms with Gasteiger partial charge in [-0.1, -0.05) is 18.9 Å². The van der Waals surface area contributed by atoms with Crippen LogP contribution in [0.15, 0.2) is 18.2 Å². The SMILES string of the molecule is COc1ccc(CCC(=O)N2CCOC3CCCCC32)cc1OC. The first-order chi connectivity index (χ1) is 11.7. The molecule has 0 radical (unpaired) electrons. The van der Waals surface area contributed by atoms with Crippen molar-refractivity contribution in [2.24, 2.45) is 0 Å². The number of ether oxygens (including phenoxy) is 3. The predicted molar refractivity (Wildman–Crippen MR) is 91.6 cm³/mol. The number of aryl methyl sites for hydroxylation is 1. The summed E-state index contributed by atoms with van der Waals surface area (Å²) in [4.78, 5) is 14.8. The molecule has 1 aliphatic heterocycles. The Morgan fingerprint density at radius 2 is 2.00 bits per heavy atom. The molecule has 1 aliphatic carbocycles. The molecule has 0 N–H and O–H groups in total. The van der Waals surface area contributed by atoms with E-state index in [-0.39, 0.29) is 18.1 Å². The minimum absolute atomic E-state index is 0.241. The molecule has 1 saturated heterocycles. The summed E-state index contributed by atoms with van der Waals surface area (Å²) >= 11 is 0. The Bertz CT molecular complexity index is 572. The van der Waals surface area contributed by atoms with Crippen LogP contribution in [0.5, 0.6) is 11.5 Å². The Kier molecular flexibility index (Phi) is 5.61. The van der Waals surface area contributed by atoms with Gasteiger partial charge in [-0.15, -0.1) is 0 Å². The third-order valence-corrected chi connectivity index (χ3v) is 5.13. The molecule has 1 aromatic rings. The first-order valence-corrected chi connectivity index (χ1v) is 8.85.